The fourth-order valence-corrected chi connectivity index (χ4v) is 1.01. The van der Waals surface area contributed by atoms with E-state index in [1.807, 2.05) is 17.8 Å². The summed E-state index contributed by atoms with van der Waals surface area (Å²) in [7, 11) is 3.38. The lowest BCUT2D eigenvalue weighted by Gasteiger charge is -2.09. The van der Waals surface area contributed by atoms with E-state index < -0.39 is 6.29 Å². The van der Waals surface area contributed by atoms with Crippen LogP contribution in [0.3, 0.4) is 0 Å². The van der Waals surface area contributed by atoms with E-state index in [2.05, 4.69) is 0 Å². The molecule has 1 unspecified atom stereocenters. The molecule has 0 bridgehead atoms. The molecule has 0 fully saturated rings. The van der Waals surface area contributed by atoms with Gasteiger partial charge >= 0.3 is 5.97 Å². The number of hydrogen-bond donors (Lipinski definition) is 0. The van der Waals surface area contributed by atoms with Gasteiger partial charge in [-0.3, -0.25) is 0 Å². The van der Waals surface area contributed by atoms with Crippen LogP contribution in [-0.4, -0.2) is 23.9 Å². The minimum atomic E-state index is -0.494. The van der Waals surface area contributed by atoms with Crippen molar-refractivity contribution in [2.75, 3.05) is 7.11 Å². The summed E-state index contributed by atoms with van der Waals surface area (Å²) in [5, 5.41) is 0. The molecule has 1 rings (SSSR count). The number of ether oxygens (including phenoxy) is 2. The number of hydrogen-bond acceptors (Lipinski definition) is 3. The lowest BCUT2D eigenvalue weighted by molar-refractivity contribution is -0.671. The molecule has 1 aromatic rings. The maximum atomic E-state index is 11.3. The highest BCUT2D eigenvalue weighted by Gasteiger charge is 2.12. The molecule has 0 aliphatic carbocycles. The predicted molar refractivity (Wildman–Crippen MR) is 48.2 cm³/mol. The highest BCUT2D eigenvalue weighted by molar-refractivity contribution is 5.69. The third kappa shape index (κ3) is 3.18. The van der Waals surface area contributed by atoms with Crippen LogP contribution in [-0.2, 0) is 27.9 Å². The Morgan fingerprint density at radius 3 is 2.86 bits per heavy atom. The normalized spacial score (nSPS) is 12.5. The zero-order chi connectivity index (χ0) is 10.6. The Morgan fingerprint density at radius 2 is 2.36 bits per heavy atom. The van der Waals surface area contributed by atoms with Gasteiger partial charge in [0, 0.05) is 7.11 Å². The maximum absolute atomic E-state index is 11.3. The van der Waals surface area contributed by atoms with Crippen molar-refractivity contribution in [2.24, 2.45) is 7.05 Å². The molecule has 5 heteroatoms. The van der Waals surface area contributed by atoms with Crippen molar-refractivity contribution in [3.63, 3.8) is 0 Å². The van der Waals surface area contributed by atoms with Crippen LogP contribution >= 0.6 is 0 Å². The zero-order valence-electron chi connectivity index (χ0n) is 8.64. The first-order chi connectivity index (χ1) is 6.61. The zero-order valence-corrected chi connectivity index (χ0v) is 8.64. The molecule has 0 aliphatic heterocycles. The average Bonchev–Trinajstić information content (AvgIpc) is 2.50. The number of carbonyl (C=O) groups is 1. The van der Waals surface area contributed by atoms with E-state index in [1.165, 1.54) is 7.11 Å². The summed E-state index contributed by atoms with van der Waals surface area (Å²) < 4.78 is 13.3. The largest absolute Gasteiger partial charge is 0.433 e. The molecular weight excluding hydrogens is 184 g/mol. The third-order valence-electron chi connectivity index (χ3n) is 1.76. The molecule has 0 aliphatic rings. The first-order valence-electron chi connectivity index (χ1n) is 4.35. The molecule has 0 saturated carbocycles. The Morgan fingerprint density at radius 1 is 1.64 bits per heavy atom. The topological polar surface area (TPSA) is 44.3 Å². The first-order valence-corrected chi connectivity index (χ1v) is 4.35. The Hall–Kier alpha value is -1.36. The fraction of sp³-hybridized carbons (Fsp3) is 0.556. The van der Waals surface area contributed by atoms with Gasteiger partial charge in [-0.2, -0.15) is 0 Å². The molecule has 78 valence electrons. The van der Waals surface area contributed by atoms with Crippen LogP contribution in [0.25, 0.3) is 0 Å². The van der Waals surface area contributed by atoms with Crippen molar-refractivity contribution >= 4 is 5.97 Å². The first kappa shape index (κ1) is 10.7. The van der Waals surface area contributed by atoms with Gasteiger partial charge < -0.3 is 9.47 Å². The highest BCUT2D eigenvalue weighted by atomic mass is 16.7. The van der Waals surface area contributed by atoms with Crippen molar-refractivity contribution in [3.05, 3.63) is 18.7 Å². The second-order valence-corrected chi connectivity index (χ2v) is 3.04. The van der Waals surface area contributed by atoms with Gasteiger partial charge in [-0.05, 0) is 6.92 Å². The van der Waals surface area contributed by atoms with E-state index in [0.29, 0.717) is 0 Å². The van der Waals surface area contributed by atoms with Crippen LogP contribution in [0, 0.1) is 0 Å². The monoisotopic (exact) mass is 199 g/mol. The molecule has 1 aromatic heterocycles. The molecule has 0 radical (unpaired) electrons. The second kappa shape index (κ2) is 4.76. The number of esters is 1. The summed E-state index contributed by atoms with van der Waals surface area (Å²) in [4.78, 5) is 11.3. The van der Waals surface area contributed by atoms with E-state index in [0.717, 1.165) is 0 Å². The van der Waals surface area contributed by atoms with Crippen molar-refractivity contribution in [1.29, 1.82) is 0 Å². The van der Waals surface area contributed by atoms with E-state index >= 15 is 0 Å². The molecular formula is C9H15N2O3+. The number of aromatic nitrogens is 2. The average molecular weight is 199 g/mol. The highest BCUT2D eigenvalue weighted by Crippen LogP contribution is 1.94. The van der Waals surface area contributed by atoms with E-state index in [9.17, 15) is 4.79 Å². The van der Waals surface area contributed by atoms with Crippen molar-refractivity contribution in [2.45, 2.75) is 19.8 Å². The number of methoxy groups -OCH3 is 1. The summed E-state index contributed by atoms with van der Waals surface area (Å²) in [6.45, 7) is 1.88. The molecule has 0 amide bonds. The van der Waals surface area contributed by atoms with Gasteiger partial charge in [0.1, 0.15) is 12.4 Å². The fourth-order valence-electron chi connectivity index (χ4n) is 1.01. The smallest absolute Gasteiger partial charge is 0.350 e. The van der Waals surface area contributed by atoms with Crippen molar-refractivity contribution in [1.82, 2.24) is 4.57 Å². The Balaban J connectivity index is 2.41. The summed E-state index contributed by atoms with van der Waals surface area (Å²) in [5.74, 6) is -0.310. The summed E-state index contributed by atoms with van der Waals surface area (Å²) in [6, 6.07) is 0. The van der Waals surface area contributed by atoms with Gasteiger partial charge in [0.25, 0.3) is 0 Å². The SMILES string of the molecule is COC(C)OC(=O)Cn1cc[n+](C)c1. The Bertz CT molecular complexity index is 309. The molecule has 0 N–H and O–H groups in total. The van der Waals surface area contributed by atoms with Gasteiger partial charge in [0.05, 0.1) is 7.05 Å². The van der Waals surface area contributed by atoms with E-state index in [-0.39, 0.29) is 12.5 Å². The van der Waals surface area contributed by atoms with Gasteiger partial charge in [-0.1, -0.05) is 0 Å². The van der Waals surface area contributed by atoms with Crippen LogP contribution in [0.15, 0.2) is 18.7 Å². The van der Waals surface area contributed by atoms with Crippen LogP contribution in [0.1, 0.15) is 6.92 Å². The molecule has 0 spiro atoms. The molecule has 1 heterocycles. The van der Waals surface area contributed by atoms with Crippen LogP contribution in [0.4, 0.5) is 0 Å². The predicted octanol–water partition coefficient (Wildman–Crippen LogP) is -0.152. The summed E-state index contributed by atoms with van der Waals surface area (Å²) in [6.07, 6.45) is 4.97. The Labute approximate surface area is 82.9 Å². The molecule has 0 aromatic carbocycles. The van der Waals surface area contributed by atoms with Gasteiger partial charge in [0.2, 0.25) is 6.33 Å². The lowest BCUT2D eigenvalue weighted by atomic mass is 10.6. The van der Waals surface area contributed by atoms with Crippen molar-refractivity contribution in [3.8, 4) is 0 Å². The number of imidazole rings is 1. The van der Waals surface area contributed by atoms with Crippen LogP contribution in [0.2, 0.25) is 0 Å². The van der Waals surface area contributed by atoms with Crippen LogP contribution in [0.5, 0.6) is 0 Å². The van der Waals surface area contributed by atoms with E-state index in [1.54, 1.807) is 24.0 Å². The number of nitrogens with zero attached hydrogens (tertiary/aromatic N) is 2. The molecule has 1 atom stereocenters. The third-order valence-corrected chi connectivity index (χ3v) is 1.76. The van der Waals surface area contributed by atoms with Crippen molar-refractivity contribution < 1.29 is 18.8 Å². The molecule has 14 heavy (non-hydrogen) atoms. The minimum absolute atomic E-state index is 0.203. The second-order valence-electron chi connectivity index (χ2n) is 3.04. The van der Waals surface area contributed by atoms with Crippen LogP contribution < -0.4 is 4.57 Å². The lowest BCUT2D eigenvalue weighted by Crippen LogP contribution is -2.25. The number of carbonyl (C=O) groups excluding carboxylic acids is 1. The van der Waals surface area contributed by atoms with Gasteiger partial charge in [-0.25, -0.2) is 13.9 Å². The standard InChI is InChI=1S/C9H15N2O3/c1-8(13-3)14-9(12)6-11-5-4-10(2)7-11/h4-5,7-8H,6H2,1-3H3/q+1. The summed E-state index contributed by atoms with van der Waals surface area (Å²) in [5.41, 5.74) is 0. The van der Waals surface area contributed by atoms with Gasteiger partial charge in [0.15, 0.2) is 12.8 Å². The summed E-state index contributed by atoms with van der Waals surface area (Å²) >= 11 is 0. The minimum Gasteiger partial charge on any atom is -0.433 e. The quantitative estimate of drug-likeness (QED) is 0.385. The maximum Gasteiger partial charge on any atom is 0.350 e. The number of rotatable bonds is 4. The number of aryl methyl sites for hydroxylation is 1. The van der Waals surface area contributed by atoms with Gasteiger partial charge in [-0.15, -0.1) is 0 Å². The molecule has 0 saturated heterocycles. The van der Waals surface area contributed by atoms with E-state index in [4.69, 9.17) is 9.47 Å². The Kier molecular flexibility index (Phi) is 3.64. The molecule has 5 nitrogen and oxygen atoms in total.